The summed E-state index contributed by atoms with van der Waals surface area (Å²) in [7, 11) is -4.21. The standard InChI is InChI=1S/C33H34Cl2N4O7S/c1-21-6-3-9-30(22(21)2)45-13-5-10-31(40)39-12-14-46-32-25(7-4-8-29(32)39)24-18-37-38(19-24)20-26-27(34)16-23(17-28(26)35)33(41)36-11-15-47(42,43)44/h3-4,6-9,16-19H,5,10-15,20H2,1-2H3,(H,36,41)(H,42,43,44). The number of carbonyl (C=O) groups excluding carboxylic acids is 2. The van der Waals surface area contributed by atoms with Crippen molar-refractivity contribution in [3.05, 3.63) is 93.2 Å². The molecule has 14 heteroatoms. The third kappa shape index (κ3) is 8.44. The van der Waals surface area contributed by atoms with Crippen LogP contribution in [0.3, 0.4) is 0 Å². The molecule has 5 rings (SSSR count). The molecule has 4 aromatic rings. The van der Waals surface area contributed by atoms with Gasteiger partial charge in [-0.05, 0) is 55.7 Å². The van der Waals surface area contributed by atoms with Gasteiger partial charge in [-0.15, -0.1) is 0 Å². The molecule has 0 radical (unpaired) electrons. The minimum absolute atomic E-state index is 0.00759. The molecule has 248 valence electrons. The number of nitrogens with zero attached hydrogens (tertiary/aromatic N) is 3. The van der Waals surface area contributed by atoms with Crippen molar-refractivity contribution in [2.75, 3.05) is 37.0 Å². The summed E-state index contributed by atoms with van der Waals surface area (Å²) < 4.78 is 44.3. The smallest absolute Gasteiger partial charge is 0.266 e. The summed E-state index contributed by atoms with van der Waals surface area (Å²) in [6.07, 6.45) is 4.41. The van der Waals surface area contributed by atoms with Crippen LogP contribution in [-0.2, 0) is 21.5 Å². The van der Waals surface area contributed by atoms with Gasteiger partial charge in [0.25, 0.3) is 16.0 Å². The molecule has 11 nitrogen and oxygen atoms in total. The molecule has 1 aliphatic heterocycles. The number of aromatic nitrogens is 2. The predicted octanol–water partition coefficient (Wildman–Crippen LogP) is 5.72. The van der Waals surface area contributed by atoms with Crippen molar-refractivity contribution >= 4 is 50.8 Å². The second-order valence-electron chi connectivity index (χ2n) is 11.1. The molecule has 0 saturated heterocycles. The molecule has 3 aromatic carbocycles. The Hall–Kier alpha value is -4.10. The van der Waals surface area contributed by atoms with Gasteiger partial charge in [0.15, 0.2) is 5.75 Å². The molecule has 2 heterocycles. The first-order valence-corrected chi connectivity index (χ1v) is 17.3. The van der Waals surface area contributed by atoms with E-state index in [1.54, 1.807) is 15.8 Å². The SMILES string of the molecule is Cc1cccc(OCCCC(=O)N2CCOc3c(-c4cnn(Cc5c(Cl)cc(C(=O)NCCS(=O)(=O)O)cc5Cl)c4)cccc32)c1C. The maximum absolute atomic E-state index is 13.3. The van der Waals surface area contributed by atoms with E-state index in [1.807, 2.05) is 56.4 Å². The van der Waals surface area contributed by atoms with Crippen LogP contribution < -0.4 is 19.7 Å². The van der Waals surface area contributed by atoms with Gasteiger partial charge in [-0.25, -0.2) is 0 Å². The monoisotopic (exact) mass is 700 g/mol. The molecule has 47 heavy (non-hydrogen) atoms. The summed E-state index contributed by atoms with van der Waals surface area (Å²) in [6.45, 7) is 5.22. The lowest BCUT2D eigenvalue weighted by Gasteiger charge is -2.31. The Balaban J connectivity index is 1.24. The molecule has 0 fully saturated rings. The topological polar surface area (TPSA) is 140 Å². The summed E-state index contributed by atoms with van der Waals surface area (Å²) in [5, 5.41) is 7.32. The third-order valence-corrected chi connectivity index (χ3v) is 9.20. The number of para-hydroxylation sites is 1. The fourth-order valence-corrected chi connectivity index (χ4v) is 6.15. The zero-order valence-corrected chi connectivity index (χ0v) is 28.2. The quantitative estimate of drug-likeness (QED) is 0.141. The van der Waals surface area contributed by atoms with E-state index < -0.39 is 21.8 Å². The molecular formula is C33H34Cl2N4O7S. The van der Waals surface area contributed by atoms with Crippen LogP contribution in [0.15, 0.2) is 60.9 Å². The Labute approximate surface area is 283 Å². The van der Waals surface area contributed by atoms with Crippen molar-refractivity contribution < 1.29 is 32.0 Å². The van der Waals surface area contributed by atoms with Crippen molar-refractivity contribution in [1.82, 2.24) is 15.1 Å². The van der Waals surface area contributed by atoms with E-state index >= 15 is 0 Å². The lowest BCUT2D eigenvalue weighted by molar-refractivity contribution is -0.119. The Kier molecular flexibility index (Phi) is 10.8. The fourth-order valence-electron chi connectivity index (χ4n) is 5.19. The number of benzene rings is 3. The van der Waals surface area contributed by atoms with Gasteiger partial charge in [0.05, 0.1) is 37.3 Å². The van der Waals surface area contributed by atoms with E-state index in [0.29, 0.717) is 49.6 Å². The Bertz CT molecular complexity index is 1890. The number of hydrogen-bond acceptors (Lipinski definition) is 7. The number of halogens is 2. The van der Waals surface area contributed by atoms with Gasteiger partial charge in [-0.1, -0.05) is 47.5 Å². The molecule has 2 amide bonds. The van der Waals surface area contributed by atoms with Crippen molar-refractivity contribution in [3.8, 4) is 22.6 Å². The summed E-state index contributed by atoms with van der Waals surface area (Å²) in [5.74, 6) is 0.219. The zero-order chi connectivity index (χ0) is 33.7. The number of amides is 2. The fraction of sp³-hybridized carbons (Fsp3) is 0.303. The van der Waals surface area contributed by atoms with Crippen LogP contribution in [0.1, 0.15) is 39.9 Å². The molecule has 1 aromatic heterocycles. The highest BCUT2D eigenvalue weighted by Crippen LogP contribution is 2.41. The highest BCUT2D eigenvalue weighted by atomic mass is 35.5. The van der Waals surface area contributed by atoms with Crippen molar-refractivity contribution in [2.45, 2.75) is 33.2 Å². The zero-order valence-electron chi connectivity index (χ0n) is 25.8. The highest BCUT2D eigenvalue weighted by Gasteiger charge is 2.26. The number of carbonyl (C=O) groups is 2. The second kappa shape index (κ2) is 14.8. The largest absolute Gasteiger partial charge is 0.493 e. The molecule has 0 saturated carbocycles. The van der Waals surface area contributed by atoms with Crippen LogP contribution >= 0.6 is 23.2 Å². The number of anilines is 1. The van der Waals surface area contributed by atoms with Gasteiger partial charge in [-0.3, -0.25) is 18.8 Å². The molecule has 0 aliphatic carbocycles. The minimum Gasteiger partial charge on any atom is -0.493 e. The Morgan fingerprint density at radius 2 is 1.85 bits per heavy atom. The number of rotatable bonds is 12. The van der Waals surface area contributed by atoms with Crippen molar-refractivity contribution in [2.24, 2.45) is 0 Å². The number of fused-ring (bicyclic) bond motifs is 1. The summed E-state index contributed by atoms with van der Waals surface area (Å²) in [5.41, 5.74) is 5.16. The molecule has 0 atom stereocenters. The van der Waals surface area contributed by atoms with Crippen LogP contribution in [0.5, 0.6) is 11.5 Å². The number of ether oxygens (including phenoxy) is 2. The number of nitrogens with one attached hydrogen (secondary N) is 1. The summed E-state index contributed by atoms with van der Waals surface area (Å²) >= 11 is 13.0. The van der Waals surface area contributed by atoms with E-state index in [1.165, 1.54) is 12.1 Å². The number of aryl methyl sites for hydroxylation is 1. The molecule has 0 bridgehead atoms. The first kappa shape index (κ1) is 34.2. The maximum Gasteiger partial charge on any atom is 0.266 e. The first-order valence-electron chi connectivity index (χ1n) is 14.9. The van der Waals surface area contributed by atoms with Gasteiger partial charge in [0.1, 0.15) is 12.4 Å². The number of hydrogen-bond donors (Lipinski definition) is 2. The van der Waals surface area contributed by atoms with Gasteiger partial charge in [-0.2, -0.15) is 13.5 Å². The average Bonchev–Trinajstić information content (AvgIpc) is 3.50. The van der Waals surface area contributed by atoms with Gasteiger partial charge < -0.3 is 19.7 Å². The van der Waals surface area contributed by atoms with Gasteiger partial charge in [0, 0.05) is 51.5 Å². The molecule has 0 spiro atoms. The molecule has 2 N–H and O–H groups in total. The van der Waals surface area contributed by atoms with Gasteiger partial charge in [0.2, 0.25) is 5.91 Å². The summed E-state index contributed by atoms with van der Waals surface area (Å²) in [4.78, 5) is 27.5. The van der Waals surface area contributed by atoms with E-state index in [-0.39, 0.29) is 34.6 Å². The van der Waals surface area contributed by atoms with Crippen LogP contribution in [0.2, 0.25) is 10.0 Å². The lowest BCUT2D eigenvalue weighted by Crippen LogP contribution is -2.38. The van der Waals surface area contributed by atoms with E-state index in [2.05, 4.69) is 10.4 Å². The van der Waals surface area contributed by atoms with Crippen LogP contribution in [0.4, 0.5) is 5.69 Å². The minimum atomic E-state index is -4.21. The van der Waals surface area contributed by atoms with Crippen LogP contribution in [0, 0.1) is 13.8 Å². The van der Waals surface area contributed by atoms with E-state index in [4.69, 9.17) is 37.2 Å². The average molecular weight is 702 g/mol. The lowest BCUT2D eigenvalue weighted by atomic mass is 10.1. The van der Waals surface area contributed by atoms with E-state index in [0.717, 1.165) is 28.0 Å². The molecular weight excluding hydrogens is 667 g/mol. The Morgan fingerprint density at radius 3 is 2.60 bits per heavy atom. The molecule has 1 aliphatic rings. The van der Waals surface area contributed by atoms with E-state index in [9.17, 15) is 18.0 Å². The first-order chi connectivity index (χ1) is 22.4. The Morgan fingerprint density at radius 1 is 1.11 bits per heavy atom. The predicted molar refractivity (Wildman–Crippen MR) is 180 cm³/mol. The normalized spacial score (nSPS) is 12.7. The van der Waals surface area contributed by atoms with Crippen LogP contribution in [0.25, 0.3) is 11.1 Å². The van der Waals surface area contributed by atoms with Gasteiger partial charge >= 0.3 is 0 Å². The second-order valence-corrected chi connectivity index (χ2v) is 13.5. The third-order valence-electron chi connectivity index (χ3n) is 7.81. The highest BCUT2D eigenvalue weighted by molar-refractivity contribution is 7.85. The van der Waals surface area contributed by atoms with Crippen LogP contribution in [-0.4, -0.2) is 66.6 Å². The summed E-state index contributed by atoms with van der Waals surface area (Å²) in [6, 6.07) is 14.4. The van der Waals surface area contributed by atoms with Crippen molar-refractivity contribution in [3.63, 3.8) is 0 Å². The van der Waals surface area contributed by atoms with Crippen molar-refractivity contribution in [1.29, 1.82) is 0 Å². The maximum atomic E-state index is 13.3. The molecule has 0 unspecified atom stereocenters.